The van der Waals surface area contributed by atoms with Gasteiger partial charge in [-0.1, -0.05) is 0 Å². The Morgan fingerprint density at radius 3 is 3.00 bits per heavy atom. The lowest BCUT2D eigenvalue weighted by atomic mass is 10.2. The van der Waals surface area contributed by atoms with Crippen molar-refractivity contribution in [3.05, 3.63) is 12.5 Å². The van der Waals surface area contributed by atoms with Crippen LogP contribution in [0.2, 0.25) is 0 Å². The van der Waals surface area contributed by atoms with Crippen LogP contribution in [0.15, 0.2) is 12.5 Å². The third-order valence-corrected chi connectivity index (χ3v) is 3.04. The predicted octanol–water partition coefficient (Wildman–Crippen LogP) is -0.951. The largest absolute Gasteiger partial charge is 0.394 e. The van der Waals surface area contributed by atoms with Gasteiger partial charge in [0.2, 0.25) is 0 Å². The molecule has 3 rings (SSSR count). The van der Waals surface area contributed by atoms with Crippen molar-refractivity contribution in [2.75, 3.05) is 12.3 Å². The molecule has 0 bridgehead atoms. The number of nitrogens with zero attached hydrogens (tertiary/aromatic N) is 4. The van der Waals surface area contributed by atoms with E-state index < -0.39 is 18.4 Å². The third kappa shape index (κ3) is 1.70. The number of rotatable bonds is 2. The van der Waals surface area contributed by atoms with E-state index in [0.717, 1.165) is 0 Å². The van der Waals surface area contributed by atoms with Crippen LogP contribution in [0.25, 0.3) is 11.0 Å². The number of nitrogens with two attached hydrogens (primary N) is 1. The fraction of sp³-hybridized carbons (Fsp3) is 0.500. The summed E-state index contributed by atoms with van der Waals surface area (Å²) in [6.07, 6.45) is 1.69. The molecular formula is C10H13N5O3. The minimum Gasteiger partial charge on any atom is -0.394 e. The Balaban J connectivity index is 1.94. The fourth-order valence-electron chi connectivity index (χ4n) is 2.06. The van der Waals surface area contributed by atoms with Crippen LogP contribution in [-0.4, -0.2) is 48.8 Å². The van der Waals surface area contributed by atoms with Crippen molar-refractivity contribution >= 4 is 16.9 Å². The minimum absolute atomic E-state index is 0.222. The quantitative estimate of drug-likeness (QED) is 0.629. The normalized spacial score (nSPS) is 28.0. The maximum Gasteiger partial charge on any atom is 0.186 e. The van der Waals surface area contributed by atoms with Crippen LogP contribution in [0, 0.1) is 0 Å². The first-order chi connectivity index (χ1) is 8.69. The maximum atomic E-state index is 9.67. The summed E-state index contributed by atoms with van der Waals surface area (Å²) in [5, 5.41) is 23.6. The zero-order chi connectivity index (χ0) is 12.7. The molecular weight excluding hydrogens is 238 g/mol. The van der Waals surface area contributed by atoms with Gasteiger partial charge in [-0.05, 0) is 0 Å². The number of hydrogen-bond acceptors (Lipinski definition) is 7. The fourth-order valence-corrected chi connectivity index (χ4v) is 2.06. The van der Waals surface area contributed by atoms with Crippen molar-refractivity contribution in [1.82, 2.24) is 19.7 Å². The second-order valence-electron chi connectivity index (χ2n) is 4.22. The summed E-state index contributed by atoms with van der Waals surface area (Å²) in [5.74, 6) is 0.350. The van der Waals surface area contributed by atoms with E-state index in [9.17, 15) is 5.11 Å². The first kappa shape index (κ1) is 11.3. The molecule has 0 amide bonds. The molecule has 1 fully saturated rings. The van der Waals surface area contributed by atoms with Gasteiger partial charge in [0, 0.05) is 12.6 Å². The van der Waals surface area contributed by atoms with Gasteiger partial charge in [0.15, 0.2) is 11.9 Å². The van der Waals surface area contributed by atoms with Crippen LogP contribution < -0.4 is 5.73 Å². The summed E-state index contributed by atoms with van der Waals surface area (Å²) in [7, 11) is 0. The zero-order valence-electron chi connectivity index (χ0n) is 9.47. The van der Waals surface area contributed by atoms with Crippen LogP contribution in [0.1, 0.15) is 12.6 Å². The highest BCUT2D eigenvalue weighted by Gasteiger charge is 2.35. The summed E-state index contributed by atoms with van der Waals surface area (Å²) >= 11 is 0. The van der Waals surface area contributed by atoms with Crippen LogP contribution in [0.5, 0.6) is 0 Å². The van der Waals surface area contributed by atoms with E-state index >= 15 is 0 Å². The van der Waals surface area contributed by atoms with Gasteiger partial charge >= 0.3 is 0 Å². The summed E-state index contributed by atoms with van der Waals surface area (Å²) in [4.78, 5) is 7.88. The Morgan fingerprint density at radius 1 is 1.50 bits per heavy atom. The molecule has 1 saturated heterocycles. The van der Waals surface area contributed by atoms with Crippen molar-refractivity contribution < 1.29 is 14.9 Å². The van der Waals surface area contributed by atoms with Crippen molar-refractivity contribution in [2.45, 2.75) is 24.9 Å². The Morgan fingerprint density at radius 2 is 2.33 bits per heavy atom. The van der Waals surface area contributed by atoms with Gasteiger partial charge in [-0.2, -0.15) is 0 Å². The molecule has 0 radical (unpaired) electrons. The van der Waals surface area contributed by atoms with Gasteiger partial charge in [0.25, 0.3) is 0 Å². The average Bonchev–Trinajstić information content (AvgIpc) is 2.93. The average molecular weight is 251 g/mol. The van der Waals surface area contributed by atoms with E-state index in [1.165, 1.54) is 6.33 Å². The van der Waals surface area contributed by atoms with E-state index in [1.54, 1.807) is 10.9 Å². The lowest BCUT2D eigenvalue weighted by molar-refractivity contribution is -0.0482. The second-order valence-corrected chi connectivity index (χ2v) is 4.22. The van der Waals surface area contributed by atoms with Gasteiger partial charge in [-0.25, -0.2) is 14.6 Å². The molecule has 0 saturated carbocycles. The summed E-state index contributed by atoms with van der Waals surface area (Å²) < 4.78 is 7.04. The molecule has 96 valence electrons. The molecule has 18 heavy (non-hydrogen) atoms. The Kier molecular flexibility index (Phi) is 2.62. The first-order valence-corrected chi connectivity index (χ1v) is 5.58. The molecule has 0 aromatic carbocycles. The number of hydrogen-bond donors (Lipinski definition) is 3. The Labute approximate surface area is 102 Å². The molecule has 3 atom stereocenters. The third-order valence-electron chi connectivity index (χ3n) is 3.04. The van der Waals surface area contributed by atoms with Gasteiger partial charge in [-0.15, -0.1) is 5.10 Å². The molecule has 4 N–H and O–H groups in total. The number of aliphatic hydroxyl groups excluding tert-OH is 2. The number of anilines is 1. The van der Waals surface area contributed by atoms with Gasteiger partial charge in [0.1, 0.15) is 18.2 Å². The molecule has 0 aliphatic carbocycles. The Bertz CT molecular complexity index is 572. The molecule has 3 heterocycles. The molecule has 1 aliphatic rings. The maximum absolute atomic E-state index is 9.67. The topological polar surface area (TPSA) is 119 Å². The number of fused-ring (bicyclic) bond motifs is 1. The number of aromatic nitrogens is 4. The molecule has 2 aromatic rings. The van der Waals surface area contributed by atoms with Crippen LogP contribution in [-0.2, 0) is 4.74 Å². The zero-order valence-corrected chi connectivity index (χ0v) is 9.47. The number of ether oxygens (including phenoxy) is 1. The lowest BCUT2D eigenvalue weighted by Gasteiger charge is -2.11. The standard InChI is InChI=1S/C10H13N5O3/c11-9-5-2-15(14-10(5)13-4-12-9)8-1-6(17)7(3-16)18-8/h2,4,6-8,16-17H,1,3H2,(H2,11,12,13,14)/t6-,7+,8?/m0/s1. The summed E-state index contributed by atoms with van der Waals surface area (Å²) in [5.41, 5.74) is 6.19. The summed E-state index contributed by atoms with van der Waals surface area (Å²) in [6.45, 7) is -0.222. The number of nitrogen functional groups attached to an aromatic ring is 1. The molecule has 2 aromatic heterocycles. The van der Waals surface area contributed by atoms with Crippen molar-refractivity contribution in [1.29, 1.82) is 0 Å². The highest BCUT2D eigenvalue weighted by molar-refractivity contribution is 5.84. The van der Waals surface area contributed by atoms with Crippen molar-refractivity contribution in [3.8, 4) is 0 Å². The monoisotopic (exact) mass is 251 g/mol. The predicted molar refractivity (Wildman–Crippen MR) is 61.4 cm³/mol. The Hall–Kier alpha value is -1.77. The van der Waals surface area contributed by atoms with Gasteiger partial charge in [0.05, 0.1) is 18.1 Å². The SMILES string of the molecule is Nc1ncnc2nn(C3C[C@H](O)[C@@H](CO)O3)cc12. The number of aliphatic hydroxyl groups is 2. The van der Waals surface area contributed by atoms with Gasteiger partial charge < -0.3 is 20.7 Å². The molecule has 8 nitrogen and oxygen atoms in total. The van der Waals surface area contributed by atoms with Gasteiger partial charge in [-0.3, -0.25) is 0 Å². The van der Waals surface area contributed by atoms with E-state index in [-0.39, 0.29) is 6.61 Å². The van der Waals surface area contributed by atoms with E-state index in [0.29, 0.717) is 23.3 Å². The highest BCUT2D eigenvalue weighted by atomic mass is 16.5. The molecule has 8 heteroatoms. The van der Waals surface area contributed by atoms with Crippen LogP contribution in [0.4, 0.5) is 5.82 Å². The summed E-state index contributed by atoms with van der Waals surface area (Å²) in [6, 6.07) is 0. The highest BCUT2D eigenvalue weighted by Crippen LogP contribution is 2.29. The van der Waals surface area contributed by atoms with Crippen LogP contribution >= 0.6 is 0 Å². The molecule has 0 spiro atoms. The second kappa shape index (κ2) is 4.16. The first-order valence-electron chi connectivity index (χ1n) is 5.58. The molecule has 1 aliphatic heterocycles. The van der Waals surface area contributed by atoms with E-state index in [1.807, 2.05) is 0 Å². The van der Waals surface area contributed by atoms with Crippen molar-refractivity contribution in [3.63, 3.8) is 0 Å². The van der Waals surface area contributed by atoms with Crippen LogP contribution in [0.3, 0.4) is 0 Å². The van der Waals surface area contributed by atoms with E-state index in [2.05, 4.69) is 15.1 Å². The van der Waals surface area contributed by atoms with Crippen molar-refractivity contribution in [2.24, 2.45) is 0 Å². The minimum atomic E-state index is -0.698. The van der Waals surface area contributed by atoms with E-state index in [4.69, 9.17) is 15.6 Å². The smallest absolute Gasteiger partial charge is 0.186 e. The molecule has 1 unspecified atom stereocenters. The lowest BCUT2D eigenvalue weighted by Crippen LogP contribution is -2.24.